The highest BCUT2D eigenvalue weighted by atomic mass is 16.5. The molecule has 0 aliphatic carbocycles. The number of hydrogen-bond donors (Lipinski definition) is 1. The van der Waals surface area contributed by atoms with Crippen molar-refractivity contribution < 1.29 is 4.74 Å². The molecule has 0 radical (unpaired) electrons. The van der Waals surface area contributed by atoms with Gasteiger partial charge in [-0.1, -0.05) is 67.6 Å². The standard InChI is InChI=1S/C22H25NO/c1-2-21(17-23-15-14-18-8-4-3-5-9-18)24-22-13-12-19-10-6-7-11-20(19)16-22/h3-13,16,21,23H,2,14-15,17H2,1H3. The topological polar surface area (TPSA) is 21.3 Å². The second-order valence-corrected chi connectivity index (χ2v) is 6.10. The van der Waals surface area contributed by atoms with E-state index < -0.39 is 0 Å². The van der Waals surface area contributed by atoms with Crippen molar-refractivity contribution in [1.82, 2.24) is 5.32 Å². The van der Waals surface area contributed by atoms with Gasteiger partial charge in [-0.15, -0.1) is 0 Å². The van der Waals surface area contributed by atoms with Crippen molar-refractivity contribution in [2.45, 2.75) is 25.9 Å². The normalized spacial score (nSPS) is 12.2. The summed E-state index contributed by atoms with van der Waals surface area (Å²) < 4.78 is 6.16. The SMILES string of the molecule is CCC(CNCCc1ccccc1)Oc1ccc2ccccc2c1. The van der Waals surface area contributed by atoms with E-state index in [1.54, 1.807) is 0 Å². The maximum absolute atomic E-state index is 6.16. The number of rotatable bonds is 8. The molecule has 0 heterocycles. The summed E-state index contributed by atoms with van der Waals surface area (Å²) in [6.45, 7) is 4.02. The lowest BCUT2D eigenvalue weighted by atomic mass is 10.1. The Morgan fingerprint density at radius 1 is 0.875 bits per heavy atom. The minimum absolute atomic E-state index is 0.196. The second kappa shape index (κ2) is 8.51. The fraction of sp³-hybridized carbons (Fsp3) is 0.273. The monoisotopic (exact) mass is 319 g/mol. The third-order valence-corrected chi connectivity index (χ3v) is 4.28. The first-order chi connectivity index (χ1) is 11.8. The highest BCUT2D eigenvalue weighted by molar-refractivity contribution is 5.83. The average molecular weight is 319 g/mol. The molecule has 1 unspecified atom stereocenters. The van der Waals surface area contributed by atoms with Gasteiger partial charge in [-0.25, -0.2) is 0 Å². The molecule has 3 aromatic rings. The molecule has 3 rings (SSSR count). The van der Waals surface area contributed by atoms with E-state index in [0.29, 0.717) is 0 Å². The summed E-state index contributed by atoms with van der Waals surface area (Å²) in [7, 11) is 0. The molecule has 24 heavy (non-hydrogen) atoms. The molecule has 0 fully saturated rings. The van der Waals surface area contributed by atoms with Crippen LogP contribution in [0.2, 0.25) is 0 Å². The number of hydrogen-bond acceptors (Lipinski definition) is 2. The van der Waals surface area contributed by atoms with Crippen LogP contribution >= 0.6 is 0 Å². The molecule has 124 valence electrons. The summed E-state index contributed by atoms with van der Waals surface area (Å²) in [5.74, 6) is 0.949. The first kappa shape index (κ1) is 16.5. The van der Waals surface area contributed by atoms with E-state index in [-0.39, 0.29) is 6.10 Å². The summed E-state index contributed by atoms with van der Waals surface area (Å²) in [5, 5.41) is 5.99. The first-order valence-corrected chi connectivity index (χ1v) is 8.75. The van der Waals surface area contributed by atoms with Crippen molar-refractivity contribution in [3.05, 3.63) is 78.4 Å². The number of fused-ring (bicyclic) bond motifs is 1. The van der Waals surface area contributed by atoms with Gasteiger partial charge in [0.25, 0.3) is 0 Å². The quantitative estimate of drug-likeness (QED) is 0.600. The third-order valence-electron chi connectivity index (χ3n) is 4.28. The molecular formula is C22H25NO. The third kappa shape index (κ3) is 4.59. The zero-order chi connectivity index (χ0) is 16.6. The molecule has 0 saturated carbocycles. The Hall–Kier alpha value is -2.32. The molecule has 2 nitrogen and oxygen atoms in total. The Kier molecular flexibility index (Phi) is 5.86. The molecular weight excluding hydrogens is 294 g/mol. The van der Waals surface area contributed by atoms with Crippen LogP contribution in [0.4, 0.5) is 0 Å². The smallest absolute Gasteiger partial charge is 0.120 e. The van der Waals surface area contributed by atoms with Crippen molar-refractivity contribution in [3.63, 3.8) is 0 Å². The van der Waals surface area contributed by atoms with Gasteiger partial charge < -0.3 is 10.1 Å². The maximum Gasteiger partial charge on any atom is 0.120 e. The van der Waals surface area contributed by atoms with E-state index in [2.05, 4.69) is 85.0 Å². The van der Waals surface area contributed by atoms with Crippen LogP contribution in [-0.2, 0) is 6.42 Å². The number of nitrogens with one attached hydrogen (secondary N) is 1. The van der Waals surface area contributed by atoms with Crippen LogP contribution in [0.3, 0.4) is 0 Å². The Bertz CT molecular complexity index is 754. The molecule has 3 aromatic carbocycles. The van der Waals surface area contributed by atoms with Crippen molar-refractivity contribution in [2.24, 2.45) is 0 Å². The van der Waals surface area contributed by atoms with Gasteiger partial charge in [0.05, 0.1) is 0 Å². The second-order valence-electron chi connectivity index (χ2n) is 6.10. The molecule has 0 saturated heterocycles. The number of ether oxygens (including phenoxy) is 1. The van der Waals surface area contributed by atoms with Crippen LogP contribution in [0.25, 0.3) is 10.8 Å². The van der Waals surface area contributed by atoms with E-state index in [4.69, 9.17) is 4.74 Å². The Labute approximate surface area is 144 Å². The minimum Gasteiger partial charge on any atom is -0.489 e. The molecule has 0 amide bonds. The summed E-state index contributed by atoms with van der Waals surface area (Å²) >= 11 is 0. The average Bonchev–Trinajstić information content (AvgIpc) is 2.65. The van der Waals surface area contributed by atoms with Crippen molar-refractivity contribution in [1.29, 1.82) is 0 Å². The predicted molar refractivity (Wildman–Crippen MR) is 102 cm³/mol. The van der Waals surface area contributed by atoms with Gasteiger partial charge in [-0.2, -0.15) is 0 Å². The van der Waals surface area contributed by atoms with Gasteiger partial charge in [0.2, 0.25) is 0 Å². The predicted octanol–water partition coefficient (Wildman–Crippen LogP) is 4.83. The minimum atomic E-state index is 0.196. The molecule has 1 atom stereocenters. The van der Waals surface area contributed by atoms with Gasteiger partial charge in [0.15, 0.2) is 0 Å². The highest BCUT2D eigenvalue weighted by Crippen LogP contribution is 2.21. The first-order valence-electron chi connectivity index (χ1n) is 8.75. The Morgan fingerprint density at radius 2 is 1.62 bits per heavy atom. The van der Waals surface area contributed by atoms with Crippen molar-refractivity contribution in [3.8, 4) is 5.75 Å². The van der Waals surface area contributed by atoms with E-state index in [0.717, 1.165) is 31.7 Å². The molecule has 0 aliphatic rings. The van der Waals surface area contributed by atoms with Crippen LogP contribution in [0.1, 0.15) is 18.9 Å². The molecule has 0 spiro atoms. The van der Waals surface area contributed by atoms with Crippen LogP contribution in [-0.4, -0.2) is 19.2 Å². The molecule has 0 aliphatic heterocycles. The van der Waals surface area contributed by atoms with Crippen LogP contribution in [0.15, 0.2) is 72.8 Å². The summed E-state index contributed by atoms with van der Waals surface area (Å²) in [6, 6.07) is 25.3. The zero-order valence-corrected chi connectivity index (χ0v) is 14.2. The van der Waals surface area contributed by atoms with Gasteiger partial charge >= 0.3 is 0 Å². The van der Waals surface area contributed by atoms with Crippen molar-refractivity contribution in [2.75, 3.05) is 13.1 Å². The Balaban J connectivity index is 1.50. The maximum atomic E-state index is 6.16. The Morgan fingerprint density at radius 3 is 2.42 bits per heavy atom. The lowest BCUT2D eigenvalue weighted by Crippen LogP contribution is -2.32. The van der Waals surface area contributed by atoms with E-state index in [9.17, 15) is 0 Å². The highest BCUT2D eigenvalue weighted by Gasteiger charge is 2.08. The van der Waals surface area contributed by atoms with Crippen LogP contribution in [0.5, 0.6) is 5.75 Å². The van der Waals surface area contributed by atoms with E-state index >= 15 is 0 Å². The van der Waals surface area contributed by atoms with Crippen LogP contribution < -0.4 is 10.1 Å². The summed E-state index contributed by atoms with van der Waals surface area (Å²) in [5.41, 5.74) is 1.37. The fourth-order valence-electron chi connectivity index (χ4n) is 2.84. The lowest BCUT2D eigenvalue weighted by Gasteiger charge is -2.18. The molecule has 0 aromatic heterocycles. The summed E-state index contributed by atoms with van der Waals surface area (Å²) in [4.78, 5) is 0. The zero-order valence-electron chi connectivity index (χ0n) is 14.2. The molecule has 1 N–H and O–H groups in total. The van der Waals surface area contributed by atoms with E-state index in [1.807, 2.05) is 0 Å². The number of benzene rings is 3. The van der Waals surface area contributed by atoms with Gasteiger partial charge in [-0.3, -0.25) is 0 Å². The fourth-order valence-corrected chi connectivity index (χ4v) is 2.84. The lowest BCUT2D eigenvalue weighted by molar-refractivity contribution is 0.194. The molecule has 2 heteroatoms. The van der Waals surface area contributed by atoms with Gasteiger partial charge in [0.1, 0.15) is 11.9 Å². The van der Waals surface area contributed by atoms with Gasteiger partial charge in [-0.05, 0) is 47.9 Å². The van der Waals surface area contributed by atoms with Gasteiger partial charge in [0, 0.05) is 6.54 Å². The van der Waals surface area contributed by atoms with Crippen LogP contribution in [0, 0.1) is 0 Å². The van der Waals surface area contributed by atoms with Crippen molar-refractivity contribution >= 4 is 10.8 Å². The van der Waals surface area contributed by atoms with E-state index in [1.165, 1.54) is 16.3 Å². The largest absolute Gasteiger partial charge is 0.489 e. The summed E-state index contributed by atoms with van der Waals surface area (Å²) in [6.07, 6.45) is 2.24. The molecule has 0 bridgehead atoms.